The summed E-state index contributed by atoms with van der Waals surface area (Å²) in [6.07, 6.45) is 10.4. The number of hydrogen-bond donors (Lipinski definition) is 0. The predicted molar refractivity (Wildman–Crippen MR) is 86.1 cm³/mol. The number of hydrogen-bond acceptors (Lipinski definition) is 0. The molecule has 0 nitrogen and oxygen atoms in total. The van der Waals surface area contributed by atoms with E-state index in [1.807, 2.05) is 6.92 Å². The Morgan fingerprint density at radius 2 is 1.82 bits per heavy atom. The molecule has 0 aromatic rings. The summed E-state index contributed by atoms with van der Waals surface area (Å²) in [6.45, 7) is 3.96. The summed E-state index contributed by atoms with van der Waals surface area (Å²) in [4.78, 5) is 0. The van der Waals surface area contributed by atoms with Crippen molar-refractivity contribution in [2.75, 3.05) is 0 Å². The van der Waals surface area contributed by atoms with Gasteiger partial charge in [-0.2, -0.15) is 0 Å². The van der Waals surface area contributed by atoms with Crippen LogP contribution in [0.1, 0.15) is 78.1 Å². The molecule has 8 unspecified atom stereocenters. The fourth-order valence-electron chi connectivity index (χ4n) is 7.46. The van der Waals surface area contributed by atoms with E-state index in [1.165, 1.54) is 32.1 Å². The summed E-state index contributed by atoms with van der Waals surface area (Å²) in [5.74, 6) is 2.50. The van der Waals surface area contributed by atoms with Crippen molar-refractivity contribution in [3.8, 4) is 0 Å². The van der Waals surface area contributed by atoms with Crippen LogP contribution in [-0.2, 0) is 0 Å². The SMILES string of the molecule is CC1CC2CC(CCC2C23CCCC(CC(C)(F)C2)C3)C1F. The van der Waals surface area contributed by atoms with E-state index in [0.717, 1.165) is 32.1 Å². The lowest BCUT2D eigenvalue weighted by Gasteiger charge is -2.58. The first kappa shape index (κ1) is 15.4. The van der Waals surface area contributed by atoms with E-state index in [9.17, 15) is 8.78 Å². The Kier molecular flexibility index (Phi) is 3.62. The van der Waals surface area contributed by atoms with Crippen molar-refractivity contribution in [3.05, 3.63) is 0 Å². The van der Waals surface area contributed by atoms with E-state index in [4.69, 9.17) is 0 Å². The number of rotatable bonds is 1. The van der Waals surface area contributed by atoms with Gasteiger partial charge in [-0.15, -0.1) is 0 Å². The average Bonchev–Trinajstić information content (AvgIpc) is 2.43. The molecular weight excluding hydrogens is 278 g/mol. The standard InChI is InChI=1S/C20H32F2/c1-13-8-16-9-15(18(13)21)5-6-17(16)20-7-3-4-14(11-20)10-19(2,22)12-20/h13-18H,3-12H2,1-2H3. The minimum Gasteiger partial charge on any atom is -0.247 e. The first-order valence-corrected chi connectivity index (χ1v) is 9.72. The zero-order valence-electron chi connectivity index (χ0n) is 14.3. The van der Waals surface area contributed by atoms with Gasteiger partial charge >= 0.3 is 0 Å². The van der Waals surface area contributed by atoms with E-state index in [2.05, 4.69) is 6.92 Å². The second-order valence-electron chi connectivity index (χ2n) is 9.72. The van der Waals surface area contributed by atoms with Gasteiger partial charge < -0.3 is 0 Å². The molecular formula is C20H32F2. The van der Waals surface area contributed by atoms with Crippen molar-refractivity contribution in [2.24, 2.45) is 35.0 Å². The van der Waals surface area contributed by atoms with E-state index < -0.39 is 11.8 Å². The van der Waals surface area contributed by atoms with Gasteiger partial charge in [0.1, 0.15) is 11.8 Å². The summed E-state index contributed by atoms with van der Waals surface area (Å²) in [5.41, 5.74) is -0.702. The summed E-state index contributed by atoms with van der Waals surface area (Å²) in [6, 6.07) is 0. The minimum atomic E-state index is -0.955. The van der Waals surface area contributed by atoms with E-state index >= 15 is 0 Å². The number of fused-ring (bicyclic) bond motifs is 4. The van der Waals surface area contributed by atoms with Crippen LogP contribution in [0.4, 0.5) is 8.78 Å². The molecule has 0 heterocycles. The maximum Gasteiger partial charge on any atom is 0.109 e. The molecule has 4 aliphatic carbocycles. The molecule has 4 saturated carbocycles. The van der Waals surface area contributed by atoms with Crippen molar-refractivity contribution in [2.45, 2.75) is 89.9 Å². The summed E-state index contributed by atoms with van der Waals surface area (Å²) in [7, 11) is 0. The Bertz CT molecular complexity index is 429. The Balaban J connectivity index is 1.60. The molecule has 0 saturated heterocycles. The lowest BCUT2D eigenvalue weighted by Crippen LogP contribution is -2.52. The zero-order valence-corrected chi connectivity index (χ0v) is 14.3. The maximum absolute atomic E-state index is 15.0. The van der Waals surface area contributed by atoms with Gasteiger partial charge in [-0.1, -0.05) is 19.8 Å². The van der Waals surface area contributed by atoms with Crippen LogP contribution in [0.3, 0.4) is 0 Å². The molecule has 0 aromatic carbocycles. The Hall–Kier alpha value is -0.140. The maximum atomic E-state index is 15.0. The molecule has 0 amide bonds. The summed E-state index contributed by atoms with van der Waals surface area (Å²) in [5, 5.41) is 0. The third-order valence-corrected chi connectivity index (χ3v) is 7.90. The molecule has 0 radical (unpaired) electrons. The highest BCUT2D eigenvalue weighted by Gasteiger charge is 2.56. The van der Waals surface area contributed by atoms with Gasteiger partial charge in [0.25, 0.3) is 0 Å². The van der Waals surface area contributed by atoms with Gasteiger partial charge in [0.2, 0.25) is 0 Å². The molecule has 126 valence electrons. The third kappa shape index (κ3) is 2.44. The molecule has 0 aliphatic heterocycles. The number of halogens is 2. The second-order valence-corrected chi connectivity index (χ2v) is 9.72. The smallest absolute Gasteiger partial charge is 0.109 e. The fourth-order valence-corrected chi connectivity index (χ4v) is 7.46. The predicted octanol–water partition coefficient (Wildman–Crippen LogP) is 6.10. The lowest BCUT2D eigenvalue weighted by molar-refractivity contribution is -0.112. The zero-order chi connectivity index (χ0) is 15.5. The average molecular weight is 310 g/mol. The van der Waals surface area contributed by atoms with Crippen LogP contribution in [0.15, 0.2) is 0 Å². The van der Waals surface area contributed by atoms with Crippen molar-refractivity contribution >= 4 is 0 Å². The van der Waals surface area contributed by atoms with Crippen LogP contribution in [0.25, 0.3) is 0 Å². The van der Waals surface area contributed by atoms with Crippen molar-refractivity contribution in [1.29, 1.82) is 0 Å². The first-order chi connectivity index (χ1) is 10.4. The van der Waals surface area contributed by atoms with E-state index in [-0.39, 0.29) is 11.3 Å². The van der Waals surface area contributed by atoms with E-state index in [1.54, 1.807) is 0 Å². The Morgan fingerprint density at radius 1 is 1.00 bits per heavy atom. The quantitative estimate of drug-likeness (QED) is 0.549. The largest absolute Gasteiger partial charge is 0.247 e. The molecule has 4 bridgehead atoms. The Morgan fingerprint density at radius 3 is 2.64 bits per heavy atom. The highest BCUT2D eigenvalue weighted by Crippen LogP contribution is 2.63. The van der Waals surface area contributed by atoms with Gasteiger partial charge in [0.15, 0.2) is 0 Å². The first-order valence-electron chi connectivity index (χ1n) is 9.72. The summed E-state index contributed by atoms with van der Waals surface area (Å²) >= 11 is 0. The van der Waals surface area contributed by atoms with E-state index in [0.29, 0.717) is 23.7 Å². The molecule has 2 heteroatoms. The van der Waals surface area contributed by atoms with Gasteiger partial charge in [0.05, 0.1) is 0 Å². The van der Waals surface area contributed by atoms with Crippen LogP contribution in [0, 0.1) is 35.0 Å². The molecule has 4 fully saturated rings. The molecule has 4 aliphatic rings. The van der Waals surface area contributed by atoms with Crippen LogP contribution in [0.5, 0.6) is 0 Å². The molecule has 0 spiro atoms. The van der Waals surface area contributed by atoms with Crippen molar-refractivity contribution in [1.82, 2.24) is 0 Å². The highest BCUT2D eigenvalue weighted by atomic mass is 19.1. The van der Waals surface area contributed by atoms with Gasteiger partial charge in [0, 0.05) is 0 Å². The van der Waals surface area contributed by atoms with Crippen LogP contribution in [0.2, 0.25) is 0 Å². The molecule has 0 N–H and O–H groups in total. The molecule has 4 rings (SSSR count). The molecule has 8 atom stereocenters. The van der Waals surface area contributed by atoms with Gasteiger partial charge in [-0.25, -0.2) is 8.78 Å². The number of alkyl halides is 2. The normalized spacial score (nSPS) is 58.4. The third-order valence-electron chi connectivity index (χ3n) is 7.90. The topological polar surface area (TPSA) is 0 Å². The van der Waals surface area contributed by atoms with Gasteiger partial charge in [-0.05, 0) is 93.3 Å². The van der Waals surface area contributed by atoms with Crippen LogP contribution in [-0.4, -0.2) is 11.8 Å². The second kappa shape index (κ2) is 5.18. The molecule has 0 aromatic heterocycles. The highest BCUT2D eigenvalue weighted by molar-refractivity contribution is 5.06. The lowest BCUT2D eigenvalue weighted by atomic mass is 9.47. The Labute approximate surface area is 134 Å². The molecule has 22 heavy (non-hydrogen) atoms. The van der Waals surface area contributed by atoms with Crippen molar-refractivity contribution in [3.63, 3.8) is 0 Å². The monoisotopic (exact) mass is 310 g/mol. The fraction of sp³-hybridized carbons (Fsp3) is 1.00. The van der Waals surface area contributed by atoms with Gasteiger partial charge in [-0.3, -0.25) is 0 Å². The van der Waals surface area contributed by atoms with Crippen LogP contribution >= 0.6 is 0 Å². The summed E-state index contributed by atoms with van der Waals surface area (Å²) < 4.78 is 29.3. The van der Waals surface area contributed by atoms with Crippen LogP contribution < -0.4 is 0 Å². The van der Waals surface area contributed by atoms with Crippen molar-refractivity contribution < 1.29 is 8.78 Å². The minimum absolute atomic E-state index is 0.225.